The van der Waals surface area contributed by atoms with E-state index >= 15 is 0 Å². The van der Waals surface area contributed by atoms with Crippen LogP contribution in [0.2, 0.25) is 0 Å². The van der Waals surface area contributed by atoms with Gasteiger partial charge < -0.3 is 4.57 Å². The van der Waals surface area contributed by atoms with Crippen molar-refractivity contribution in [2.24, 2.45) is 5.10 Å². The van der Waals surface area contributed by atoms with E-state index in [2.05, 4.69) is 16.0 Å². The number of hydrogen-bond acceptors (Lipinski definition) is 4. The molecule has 0 aliphatic carbocycles. The minimum atomic E-state index is -3.71. The van der Waals surface area contributed by atoms with Gasteiger partial charge in [0.1, 0.15) is 0 Å². The summed E-state index contributed by atoms with van der Waals surface area (Å²) in [6.45, 7) is 2.46. The molecule has 0 amide bonds. The topological polar surface area (TPSA) is 87.2 Å². The second kappa shape index (κ2) is 7.42. The van der Waals surface area contributed by atoms with E-state index in [1.807, 2.05) is 42.0 Å². The molecule has 0 aliphatic rings. The van der Waals surface area contributed by atoms with Crippen molar-refractivity contribution in [2.45, 2.75) is 24.8 Å². The average Bonchev–Trinajstić information content (AvgIpc) is 2.98. The smallest absolute Gasteiger partial charge is 0.276 e. The maximum atomic E-state index is 12.3. The second-order valence-corrected chi connectivity index (χ2v) is 7.53. The van der Waals surface area contributed by atoms with Crippen LogP contribution in [0.25, 0.3) is 10.9 Å². The number of aryl methyl sites for hydroxylation is 2. The van der Waals surface area contributed by atoms with E-state index in [1.54, 1.807) is 24.3 Å². The van der Waals surface area contributed by atoms with E-state index in [-0.39, 0.29) is 4.90 Å². The second-order valence-electron chi connectivity index (χ2n) is 5.87. The van der Waals surface area contributed by atoms with Crippen LogP contribution < -0.4 is 4.83 Å². The van der Waals surface area contributed by atoms with Crippen LogP contribution in [-0.4, -0.2) is 19.2 Å². The molecule has 1 aromatic heterocycles. The van der Waals surface area contributed by atoms with Gasteiger partial charge in [-0.3, -0.25) is 0 Å². The molecule has 0 radical (unpaired) electrons. The Bertz CT molecular complexity index is 1090. The molecule has 7 heteroatoms. The van der Waals surface area contributed by atoms with Gasteiger partial charge in [0.05, 0.1) is 23.6 Å². The Kier molecular flexibility index (Phi) is 5.05. The summed E-state index contributed by atoms with van der Waals surface area (Å²) >= 11 is 0. The Morgan fingerprint density at radius 2 is 1.92 bits per heavy atom. The summed E-state index contributed by atoms with van der Waals surface area (Å²) in [5.41, 5.74) is 2.74. The van der Waals surface area contributed by atoms with E-state index in [4.69, 9.17) is 5.26 Å². The van der Waals surface area contributed by atoms with Gasteiger partial charge in [-0.1, -0.05) is 35.9 Å². The van der Waals surface area contributed by atoms with Gasteiger partial charge in [0.15, 0.2) is 0 Å². The van der Waals surface area contributed by atoms with Crippen LogP contribution >= 0.6 is 0 Å². The number of rotatable bonds is 6. The van der Waals surface area contributed by atoms with Crippen LogP contribution in [0.1, 0.15) is 17.5 Å². The number of fused-ring (bicyclic) bond motifs is 1. The SMILES string of the molecule is Cc1ccc(S(=O)(=O)N/N=C\c2cn(CCC#N)c3ccccc23)cc1. The molecule has 0 saturated carbocycles. The summed E-state index contributed by atoms with van der Waals surface area (Å²) in [6.07, 6.45) is 3.75. The molecular weight excluding hydrogens is 348 g/mol. The van der Waals surface area contributed by atoms with Crippen molar-refractivity contribution in [3.63, 3.8) is 0 Å². The highest BCUT2D eigenvalue weighted by molar-refractivity contribution is 7.89. The van der Waals surface area contributed by atoms with Crippen molar-refractivity contribution < 1.29 is 8.42 Å². The third kappa shape index (κ3) is 3.76. The summed E-state index contributed by atoms with van der Waals surface area (Å²) in [5.74, 6) is 0. The predicted molar refractivity (Wildman–Crippen MR) is 101 cm³/mol. The van der Waals surface area contributed by atoms with Gasteiger partial charge in [-0.05, 0) is 25.1 Å². The largest absolute Gasteiger partial charge is 0.346 e. The van der Waals surface area contributed by atoms with E-state index in [1.165, 1.54) is 6.21 Å². The molecular formula is C19H18N4O2S. The number of aromatic nitrogens is 1. The summed E-state index contributed by atoms with van der Waals surface area (Å²) in [7, 11) is -3.71. The summed E-state index contributed by atoms with van der Waals surface area (Å²) in [5, 5.41) is 13.7. The van der Waals surface area contributed by atoms with Gasteiger partial charge in [0.25, 0.3) is 10.0 Å². The lowest BCUT2D eigenvalue weighted by atomic mass is 10.2. The Balaban J connectivity index is 1.84. The molecule has 0 aliphatic heterocycles. The number of hydrazone groups is 1. The van der Waals surface area contributed by atoms with Gasteiger partial charge in [-0.25, -0.2) is 4.83 Å². The monoisotopic (exact) mass is 366 g/mol. The minimum absolute atomic E-state index is 0.164. The summed E-state index contributed by atoms with van der Waals surface area (Å²) in [4.78, 5) is 2.40. The van der Waals surface area contributed by atoms with E-state index in [9.17, 15) is 8.42 Å². The standard InChI is InChI=1S/C19H18N4O2S/c1-15-7-9-17(10-8-15)26(24,25)22-21-13-16-14-23(12-4-11-20)19-6-3-2-5-18(16)19/h2-3,5-10,13-14,22H,4,12H2,1H3/b21-13-. The molecule has 132 valence electrons. The zero-order valence-corrected chi connectivity index (χ0v) is 15.1. The molecule has 0 spiro atoms. The number of nitrogens with one attached hydrogen (secondary N) is 1. The van der Waals surface area contributed by atoms with Crippen molar-refractivity contribution >= 4 is 27.1 Å². The summed E-state index contributed by atoms with van der Waals surface area (Å²) in [6, 6.07) is 16.4. The Labute approximate surface area is 152 Å². The normalized spacial score (nSPS) is 11.7. The number of para-hydroxylation sites is 1. The van der Waals surface area contributed by atoms with Crippen molar-refractivity contribution in [2.75, 3.05) is 0 Å². The first-order chi connectivity index (χ1) is 12.5. The minimum Gasteiger partial charge on any atom is -0.346 e. The van der Waals surface area contributed by atoms with Crippen LogP contribution in [0.15, 0.2) is 64.7 Å². The Morgan fingerprint density at radius 3 is 2.65 bits per heavy atom. The molecule has 1 N–H and O–H groups in total. The van der Waals surface area contributed by atoms with Crippen LogP contribution in [0.3, 0.4) is 0 Å². The number of nitrogens with zero attached hydrogens (tertiary/aromatic N) is 3. The van der Waals surface area contributed by atoms with Gasteiger partial charge in [0.2, 0.25) is 0 Å². The fourth-order valence-electron chi connectivity index (χ4n) is 2.67. The maximum Gasteiger partial charge on any atom is 0.276 e. The molecule has 0 fully saturated rings. The first-order valence-corrected chi connectivity index (χ1v) is 9.56. The molecule has 3 rings (SSSR count). The van der Waals surface area contributed by atoms with E-state index in [0.717, 1.165) is 22.0 Å². The van der Waals surface area contributed by atoms with E-state index in [0.29, 0.717) is 13.0 Å². The number of nitriles is 1. The first-order valence-electron chi connectivity index (χ1n) is 8.07. The predicted octanol–water partition coefficient (Wildman–Crippen LogP) is 3.18. The fourth-order valence-corrected chi connectivity index (χ4v) is 3.46. The zero-order valence-electron chi connectivity index (χ0n) is 14.3. The molecule has 2 aromatic carbocycles. The number of hydrogen-bond donors (Lipinski definition) is 1. The van der Waals surface area contributed by atoms with E-state index < -0.39 is 10.0 Å². The van der Waals surface area contributed by atoms with Gasteiger partial charge in [0, 0.05) is 29.2 Å². The zero-order chi connectivity index (χ0) is 18.6. The Hall–Kier alpha value is -3.11. The fraction of sp³-hybridized carbons (Fsp3) is 0.158. The molecule has 0 bridgehead atoms. The molecule has 26 heavy (non-hydrogen) atoms. The average molecular weight is 366 g/mol. The first kappa shape index (κ1) is 17.7. The van der Waals surface area contributed by atoms with Crippen molar-refractivity contribution in [3.05, 3.63) is 65.9 Å². The highest BCUT2D eigenvalue weighted by Gasteiger charge is 2.12. The maximum absolute atomic E-state index is 12.3. The third-order valence-electron chi connectivity index (χ3n) is 3.99. The molecule has 0 saturated heterocycles. The van der Waals surface area contributed by atoms with Crippen LogP contribution in [-0.2, 0) is 16.6 Å². The third-order valence-corrected chi connectivity index (χ3v) is 5.23. The summed E-state index contributed by atoms with van der Waals surface area (Å²) < 4.78 is 26.5. The molecule has 6 nitrogen and oxygen atoms in total. The molecule has 1 heterocycles. The van der Waals surface area contributed by atoms with Crippen molar-refractivity contribution in [1.29, 1.82) is 5.26 Å². The van der Waals surface area contributed by atoms with Crippen molar-refractivity contribution in [1.82, 2.24) is 9.40 Å². The van der Waals surface area contributed by atoms with Crippen LogP contribution in [0, 0.1) is 18.3 Å². The highest BCUT2D eigenvalue weighted by atomic mass is 32.2. The van der Waals surface area contributed by atoms with Gasteiger partial charge in [-0.15, -0.1) is 0 Å². The molecule has 3 aromatic rings. The lowest BCUT2D eigenvalue weighted by Gasteiger charge is -2.03. The number of benzene rings is 2. The lowest BCUT2D eigenvalue weighted by Crippen LogP contribution is -2.18. The van der Waals surface area contributed by atoms with Crippen LogP contribution in [0.5, 0.6) is 0 Å². The van der Waals surface area contributed by atoms with Gasteiger partial charge >= 0.3 is 0 Å². The van der Waals surface area contributed by atoms with Gasteiger partial charge in [-0.2, -0.15) is 18.8 Å². The lowest BCUT2D eigenvalue weighted by molar-refractivity contribution is 0.584. The van der Waals surface area contributed by atoms with Crippen LogP contribution in [0.4, 0.5) is 0 Å². The van der Waals surface area contributed by atoms with Crippen molar-refractivity contribution in [3.8, 4) is 6.07 Å². The highest BCUT2D eigenvalue weighted by Crippen LogP contribution is 2.20. The quantitative estimate of drug-likeness (QED) is 0.537. The number of sulfonamides is 1. The Morgan fingerprint density at radius 1 is 1.19 bits per heavy atom. The molecule has 0 unspecified atom stereocenters. The molecule has 0 atom stereocenters.